The number of benzene rings is 1. The first-order valence-corrected chi connectivity index (χ1v) is 7.95. The Bertz CT molecular complexity index is 441. The van der Waals surface area contributed by atoms with Crippen LogP contribution in [0.25, 0.3) is 0 Å². The van der Waals surface area contributed by atoms with Crippen molar-refractivity contribution < 1.29 is 4.74 Å². The minimum Gasteiger partial charge on any atom is -0.493 e. The largest absolute Gasteiger partial charge is 0.493 e. The quantitative estimate of drug-likeness (QED) is 0.833. The van der Waals surface area contributed by atoms with Gasteiger partial charge in [-0.2, -0.15) is 0 Å². The van der Waals surface area contributed by atoms with E-state index in [1.807, 2.05) is 0 Å². The van der Waals surface area contributed by atoms with E-state index in [2.05, 4.69) is 45.9 Å². The highest BCUT2D eigenvalue weighted by molar-refractivity contribution is 5.44. The van der Waals surface area contributed by atoms with Crippen molar-refractivity contribution in [2.75, 3.05) is 13.2 Å². The van der Waals surface area contributed by atoms with Crippen LogP contribution < -0.4 is 10.5 Å². The van der Waals surface area contributed by atoms with Gasteiger partial charge in [-0.05, 0) is 36.3 Å². The van der Waals surface area contributed by atoms with Gasteiger partial charge >= 0.3 is 0 Å². The third-order valence-electron chi connectivity index (χ3n) is 4.68. The van der Waals surface area contributed by atoms with Gasteiger partial charge in [0, 0.05) is 17.5 Å². The van der Waals surface area contributed by atoms with E-state index >= 15 is 0 Å². The number of rotatable bonds is 6. The molecule has 2 heteroatoms. The molecule has 112 valence electrons. The van der Waals surface area contributed by atoms with Crippen molar-refractivity contribution in [1.29, 1.82) is 0 Å². The van der Waals surface area contributed by atoms with E-state index < -0.39 is 0 Å². The van der Waals surface area contributed by atoms with Crippen LogP contribution in [0, 0.1) is 5.41 Å². The van der Waals surface area contributed by atoms with E-state index in [9.17, 15) is 0 Å². The standard InChI is InChI=1S/C18H29NO/c1-13(2)15-7-5-8-16(17(15)14(3)4)20-12-18(11-19)9-6-10-18/h5,7-8,13-14H,6,9-12,19H2,1-4H3. The molecule has 20 heavy (non-hydrogen) atoms. The van der Waals surface area contributed by atoms with Crippen LogP contribution in [-0.4, -0.2) is 13.2 Å². The summed E-state index contributed by atoms with van der Waals surface area (Å²) in [4.78, 5) is 0. The SMILES string of the molecule is CC(C)c1cccc(OCC2(CN)CCC2)c1C(C)C. The lowest BCUT2D eigenvalue weighted by molar-refractivity contribution is 0.0660. The lowest BCUT2D eigenvalue weighted by Gasteiger charge is -2.40. The molecule has 0 heterocycles. The van der Waals surface area contributed by atoms with Gasteiger partial charge in [-0.15, -0.1) is 0 Å². The molecule has 0 saturated heterocycles. The molecule has 1 aromatic rings. The summed E-state index contributed by atoms with van der Waals surface area (Å²) in [6.07, 6.45) is 3.72. The van der Waals surface area contributed by atoms with E-state index in [-0.39, 0.29) is 5.41 Å². The van der Waals surface area contributed by atoms with Crippen molar-refractivity contribution in [2.45, 2.75) is 58.8 Å². The molecule has 2 N–H and O–H groups in total. The van der Waals surface area contributed by atoms with Gasteiger partial charge in [0.1, 0.15) is 5.75 Å². The molecular formula is C18H29NO. The summed E-state index contributed by atoms with van der Waals surface area (Å²) in [5, 5.41) is 0. The summed E-state index contributed by atoms with van der Waals surface area (Å²) in [7, 11) is 0. The Hall–Kier alpha value is -1.02. The predicted molar refractivity (Wildman–Crippen MR) is 85.5 cm³/mol. The predicted octanol–water partition coefficient (Wildman–Crippen LogP) is 4.44. The number of hydrogen-bond acceptors (Lipinski definition) is 2. The Morgan fingerprint density at radius 2 is 1.85 bits per heavy atom. The molecule has 0 bridgehead atoms. The fourth-order valence-electron chi connectivity index (χ4n) is 3.12. The fourth-order valence-corrected chi connectivity index (χ4v) is 3.12. The molecular weight excluding hydrogens is 246 g/mol. The number of ether oxygens (including phenoxy) is 1. The topological polar surface area (TPSA) is 35.2 Å². The molecule has 0 aliphatic heterocycles. The minimum absolute atomic E-state index is 0.238. The van der Waals surface area contributed by atoms with Gasteiger partial charge in [0.2, 0.25) is 0 Å². The number of hydrogen-bond donors (Lipinski definition) is 1. The molecule has 0 aromatic heterocycles. The molecule has 2 rings (SSSR count). The van der Waals surface area contributed by atoms with Crippen molar-refractivity contribution >= 4 is 0 Å². The molecule has 1 aromatic carbocycles. The van der Waals surface area contributed by atoms with Crippen molar-refractivity contribution in [3.63, 3.8) is 0 Å². The van der Waals surface area contributed by atoms with E-state index in [0.29, 0.717) is 11.8 Å². The van der Waals surface area contributed by atoms with Gasteiger partial charge < -0.3 is 10.5 Å². The van der Waals surface area contributed by atoms with E-state index in [0.717, 1.165) is 18.9 Å². The van der Waals surface area contributed by atoms with Crippen LogP contribution in [0.3, 0.4) is 0 Å². The normalized spacial score (nSPS) is 17.4. The highest BCUT2D eigenvalue weighted by Crippen LogP contribution is 2.41. The minimum atomic E-state index is 0.238. The van der Waals surface area contributed by atoms with Gasteiger partial charge in [0.25, 0.3) is 0 Å². The van der Waals surface area contributed by atoms with Gasteiger partial charge in [-0.25, -0.2) is 0 Å². The maximum Gasteiger partial charge on any atom is 0.123 e. The van der Waals surface area contributed by atoms with Crippen LogP contribution in [0.2, 0.25) is 0 Å². The maximum atomic E-state index is 6.21. The summed E-state index contributed by atoms with van der Waals surface area (Å²) < 4.78 is 6.21. The zero-order chi connectivity index (χ0) is 14.8. The number of nitrogens with two attached hydrogens (primary N) is 1. The van der Waals surface area contributed by atoms with Gasteiger partial charge in [-0.1, -0.05) is 46.2 Å². The van der Waals surface area contributed by atoms with Crippen LogP contribution in [-0.2, 0) is 0 Å². The van der Waals surface area contributed by atoms with Crippen LogP contribution >= 0.6 is 0 Å². The zero-order valence-electron chi connectivity index (χ0n) is 13.4. The first-order chi connectivity index (χ1) is 9.49. The van der Waals surface area contributed by atoms with Crippen LogP contribution in [0.1, 0.15) is 69.9 Å². The van der Waals surface area contributed by atoms with Gasteiger partial charge in [-0.3, -0.25) is 0 Å². The molecule has 0 spiro atoms. The lowest BCUT2D eigenvalue weighted by atomic mass is 9.69. The van der Waals surface area contributed by atoms with E-state index in [4.69, 9.17) is 10.5 Å². The highest BCUT2D eigenvalue weighted by atomic mass is 16.5. The highest BCUT2D eigenvalue weighted by Gasteiger charge is 2.36. The zero-order valence-corrected chi connectivity index (χ0v) is 13.4. The Morgan fingerprint density at radius 1 is 1.15 bits per heavy atom. The third-order valence-corrected chi connectivity index (χ3v) is 4.68. The first-order valence-electron chi connectivity index (χ1n) is 7.95. The summed E-state index contributed by atoms with van der Waals surface area (Å²) in [5.74, 6) is 2.08. The monoisotopic (exact) mass is 275 g/mol. The molecule has 1 saturated carbocycles. The Morgan fingerprint density at radius 3 is 2.30 bits per heavy atom. The van der Waals surface area contributed by atoms with Crippen molar-refractivity contribution in [2.24, 2.45) is 11.1 Å². The Balaban J connectivity index is 2.20. The lowest BCUT2D eigenvalue weighted by Crippen LogP contribution is -2.42. The Labute approximate surface area is 123 Å². The molecule has 1 aliphatic carbocycles. The van der Waals surface area contributed by atoms with Crippen molar-refractivity contribution in [1.82, 2.24) is 0 Å². The molecule has 1 aliphatic rings. The molecule has 0 unspecified atom stereocenters. The summed E-state index contributed by atoms with van der Waals surface area (Å²) >= 11 is 0. The average molecular weight is 275 g/mol. The van der Waals surface area contributed by atoms with Crippen LogP contribution in [0.15, 0.2) is 18.2 Å². The van der Waals surface area contributed by atoms with Crippen LogP contribution in [0.4, 0.5) is 0 Å². The van der Waals surface area contributed by atoms with E-state index in [1.165, 1.54) is 30.4 Å². The fraction of sp³-hybridized carbons (Fsp3) is 0.667. The second-order valence-corrected chi connectivity index (χ2v) is 6.91. The third kappa shape index (κ3) is 3.01. The smallest absolute Gasteiger partial charge is 0.123 e. The first kappa shape index (κ1) is 15.4. The van der Waals surface area contributed by atoms with Gasteiger partial charge in [0.05, 0.1) is 6.61 Å². The second-order valence-electron chi connectivity index (χ2n) is 6.91. The van der Waals surface area contributed by atoms with Crippen molar-refractivity contribution in [3.8, 4) is 5.75 Å². The summed E-state index contributed by atoms with van der Waals surface area (Å²) in [6, 6.07) is 6.46. The average Bonchev–Trinajstić information content (AvgIpc) is 2.37. The van der Waals surface area contributed by atoms with E-state index in [1.54, 1.807) is 0 Å². The van der Waals surface area contributed by atoms with Crippen LogP contribution in [0.5, 0.6) is 5.75 Å². The summed E-state index contributed by atoms with van der Waals surface area (Å²) in [6.45, 7) is 10.5. The second kappa shape index (κ2) is 6.17. The van der Waals surface area contributed by atoms with Gasteiger partial charge in [0.15, 0.2) is 0 Å². The molecule has 0 amide bonds. The Kier molecular flexibility index (Phi) is 4.74. The molecule has 1 fully saturated rings. The van der Waals surface area contributed by atoms with Crippen molar-refractivity contribution in [3.05, 3.63) is 29.3 Å². The summed E-state index contributed by atoms with van der Waals surface area (Å²) in [5.41, 5.74) is 8.95. The molecule has 2 nitrogen and oxygen atoms in total. The maximum absolute atomic E-state index is 6.21. The molecule has 0 atom stereocenters. The molecule has 0 radical (unpaired) electrons.